The number of nitrogens with one attached hydrogen (secondary N) is 2. The molecular formula is C35H48BrF3K2N4O9. The molecule has 0 aliphatic carbocycles. The summed E-state index contributed by atoms with van der Waals surface area (Å²) in [5.41, 5.74) is 7.29. The number of aryl methyl sites for hydroxylation is 4. The number of benzene rings is 2. The maximum Gasteiger partial charge on any atom is 1.00 e. The molecule has 0 spiro atoms. The van der Waals surface area contributed by atoms with Crippen LogP contribution in [-0.4, -0.2) is 77.2 Å². The van der Waals surface area contributed by atoms with Crippen molar-refractivity contribution in [3.8, 4) is 11.5 Å². The predicted octanol–water partition coefficient (Wildman–Crippen LogP) is 0.413. The van der Waals surface area contributed by atoms with Crippen LogP contribution in [0.3, 0.4) is 0 Å². The van der Waals surface area contributed by atoms with E-state index < -0.39 is 36.5 Å². The van der Waals surface area contributed by atoms with E-state index in [0.717, 1.165) is 59.4 Å². The van der Waals surface area contributed by atoms with Crippen LogP contribution in [0, 0.1) is 39.3 Å². The number of esters is 2. The van der Waals surface area contributed by atoms with E-state index in [1.807, 2.05) is 20.8 Å². The molecule has 19 heteroatoms. The van der Waals surface area contributed by atoms with Crippen molar-refractivity contribution in [2.45, 2.75) is 60.8 Å². The molecule has 13 nitrogen and oxygen atoms in total. The van der Waals surface area contributed by atoms with Crippen molar-refractivity contribution in [3.63, 3.8) is 0 Å². The fourth-order valence-electron chi connectivity index (χ4n) is 4.18. The number of hydrogen-bond donors (Lipinski definition) is 3. The molecule has 0 unspecified atom stereocenters. The molecule has 54 heavy (non-hydrogen) atoms. The van der Waals surface area contributed by atoms with E-state index in [9.17, 15) is 22.8 Å². The third kappa shape index (κ3) is 22.2. The Kier molecular flexibility index (Phi) is 36.3. The Balaban J connectivity index is -0.000000219. The molecule has 4 aromatic rings. The molecule has 0 bridgehead atoms. The van der Waals surface area contributed by atoms with E-state index in [4.69, 9.17) is 21.3 Å². The van der Waals surface area contributed by atoms with Crippen molar-refractivity contribution >= 4 is 34.3 Å². The first-order chi connectivity index (χ1) is 24.8. The number of aromatic hydroxyl groups is 1. The van der Waals surface area contributed by atoms with Gasteiger partial charge in [-0.05, 0) is 101 Å². The van der Waals surface area contributed by atoms with Crippen molar-refractivity contribution in [1.29, 1.82) is 0 Å². The number of rotatable bonds is 11. The quantitative estimate of drug-likeness (QED) is 0.0360. The minimum atomic E-state index is -1.00. The molecule has 0 atom stereocenters. The zero-order valence-corrected chi connectivity index (χ0v) is 38.9. The molecule has 4 rings (SSSR count). The normalized spacial score (nSPS) is 9.28. The molecule has 0 saturated heterocycles. The number of methoxy groups -OCH3 is 2. The van der Waals surface area contributed by atoms with E-state index in [-0.39, 0.29) is 135 Å². The second-order valence-electron chi connectivity index (χ2n) is 10.1. The molecule has 0 radical (unpaired) electrons. The molecule has 0 amide bonds. The third-order valence-electron chi connectivity index (χ3n) is 6.71. The fraction of sp³-hybridized carbons (Fsp3) is 0.400. The molecule has 0 fully saturated rings. The number of H-pyrrole nitrogens is 2. The molecule has 0 saturated carbocycles. The number of aromatic nitrogens is 4. The van der Waals surface area contributed by atoms with E-state index in [1.165, 1.54) is 56.2 Å². The smallest absolute Gasteiger partial charge is 1.00 e. The molecule has 0 aliphatic heterocycles. The first-order valence-corrected chi connectivity index (χ1v) is 16.1. The number of ether oxygens (including phenoxy) is 3. The number of phenols is 1. The average Bonchev–Trinajstić information content (AvgIpc) is 3.64. The minimum absolute atomic E-state index is 0. The van der Waals surface area contributed by atoms with Crippen molar-refractivity contribution in [1.82, 2.24) is 20.4 Å². The Bertz CT molecular complexity index is 1640. The zero-order valence-electron chi connectivity index (χ0n) is 33.1. The Morgan fingerprint density at radius 1 is 0.907 bits per heavy atom. The monoisotopic (exact) mass is 883 g/mol. The SMILES string of the molecule is C.COC(=O)c1ccc(F)c(O)c1.COC(=O)c1ccc(F)c(OCCCc2c(C)n[nH]c2C)c1.Cc1n[nH]c(C)c1CCCBr.O=CO[O-].[2H]CF.[H-].[K+].[K+]. The summed E-state index contributed by atoms with van der Waals surface area (Å²) >= 11 is 3.41. The Morgan fingerprint density at radius 3 is 1.70 bits per heavy atom. The van der Waals surface area contributed by atoms with E-state index >= 15 is 0 Å². The van der Waals surface area contributed by atoms with Gasteiger partial charge in [0.05, 0.1) is 51.9 Å². The van der Waals surface area contributed by atoms with Crippen molar-refractivity contribution in [3.05, 3.63) is 93.1 Å². The second-order valence-corrected chi connectivity index (χ2v) is 10.8. The van der Waals surface area contributed by atoms with Gasteiger partial charge in [-0.15, -0.1) is 0 Å². The molecule has 0 aliphatic rings. The molecular weight excluding hydrogens is 835 g/mol. The predicted molar refractivity (Wildman–Crippen MR) is 191 cm³/mol. The zero-order chi connectivity index (χ0) is 39.6. The van der Waals surface area contributed by atoms with Crippen LogP contribution >= 0.6 is 15.9 Å². The summed E-state index contributed by atoms with van der Waals surface area (Å²) in [6.45, 7) is 8.21. The molecule has 2 aromatic heterocycles. The van der Waals surface area contributed by atoms with E-state index in [1.54, 1.807) is 0 Å². The van der Waals surface area contributed by atoms with Crippen LogP contribution in [0.4, 0.5) is 13.2 Å². The van der Waals surface area contributed by atoms with Gasteiger partial charge < -0.3 is 30.9 Å². The van der Waals surface area contributed by atoms with Gasteiger partial charge in [0.1, 0.15) is 0 Å². The van der Waals surface area contributed by atoms with Crippen LogP contribution in [-0.2, 0) is 32.0 Å². The number of aromatic amines is 2. The summed E-state index contributed by atoms with van der Waals surface area (Å²) in [5, 5.41) is 32.5. The largest absolute Gasteiger partial charge is 1.00 e. The van der Waals surface area contributed by atoms with Gasteiger partial charge in [-0.3, -0.25) is 19.4 Å². The van der Waals surface area contributed by atoms with Crippen molar-refractivity contribution in [2.24, 2.45) is 0 Å². The summed E-state index contributed by atoms with van der Waals surface area (Å²) in [4.78, 5) is 33.5. The van der Waals surface area contributed by atoms with Crippen LogP contribution in [0.5, 0.6) is 11.5 Å². The maximum absolute atomic E-state index is 13.7. The Hall–Kier alpha value is -1.63. The van der Waals surface area contributed by atoms with Crippen molar-refractivity contribution < 1.29 is 163 Å². The van der Waals surface area contributed by atoms with E-state index in [2.05, 4.69) is 57.6 Å². The number of carbonyl (C=O) groups is 3. The second kappa shape index (κ2) is 34.6. The van der Waals surface area contributed by atoms with Crippen molar-refractivity contribution in [2.75, 3.05) is 33.3 Å². The average molecular weight is 885 g/mol. The molecule has 292 valence electrons. The fourth-order valence-corrected chi connectivity index (χ4v) is 4.46. The van der Waals surface area contributed by atoms with Gasteiger partial charge in [-0.2, -0.15) is 10.2 Å². The summed E-state index contributed by atoms with van der Waals surface area (Å²) in [5.74, 6) is -2.88. The number of phenolic OH excluding ortho intramolecular Hbond substituents is 1. The van der Waals surface area contributed by atoms with Gasteiger partial charge in [0.25, 0.3) is 6.47 Å². The summed E-state index contributed by atoms with van der Waals surface area (Å²) in [6.07, 6.45) is 3.83. The topological polar surface area (TPSA) is 189 Å². The first kappa shape index (κ1) is 56.7. The standard InChI is InChI=1S/C16H19FN2O3.C8H13BrN2.C8H7FO3.CH3F.CH2O3.CH4.2K.H/c1-10-13(11(2)19-18-10)5-4-8-22-15-9-12(16(20)21-3)6-7-14(15)17;1-6-8(4-3-5-9)7(2)11-10-6;1-12-8(11)5-2-3-6(9)7(10)4-5;1-2;2-1-4-3;;;;/h6-7,9H,4-5,8H2,1-3H3,(H,18,19);3-5H2,1-2H3,(H,10,11);2-4,10H,1H3;1H3;1,3H;1H4;;;/q;;;;;;2*+1;-1/p-1/i;;;1D;;;;;. The van der Waals surface area contributed by atoms with Gasteiger partial charge in [0.15, 0.2) is 23.1 Å². The summed E-state index contributed by atoms with van der Waals surface area (Å²) in [6, 6.07) is 7.18. The number of halogens is 4. The number of alkyl halides is 2. The van der Waals surface area contributed by atoms with Crippen LogP contribution < -0.4 is 113 Å². The van der Waals surface area contributed by atoms with E-state index in [0.29, 0.717) is 6.61 Å². The Morgan fingerprint density at radius 2 is 1.33 bits per heavy atom. The molecule has 2 heterocycles. The number of nitrogens with zero attached hydrogens (tertiary/aromatic N) is 2. The number of hydrogen-bond acceptors (Lipinski definition) is 11. The molecule has 2 aromatic carbocycles. The van der Waals surface area contributed by atoms with Crippen LogP contribution in [0.25, 0.3) is 0 Å². The first-order valence-electron chi connectivity index (χ1n) is 15.7. The van der Waals surface area contributed by atoms with Gasteiger partial charge >= 0.3 is 115 Å². The van der Waals surface area contributed by atoms with Gasteiger partial charge in [-0.25, -0.2) is 18.4 Å². The summed E-state index contributed by atoms with van der Waals surface area (Å²) in [7, 11) is 1.49. The minimum Gasteiger partial charge on any atom is -1.00 e. The van der Waals surface area contributed by atoms with Crippen LogP contribution in [0.15, 0.2) is 36.4 Å². The van der Waals surface area contributed by atoms with Crippen LogP contribution in [0.2, 0.25) is 0 Å². The third-order valence-corrected chi connectivity index (χ3v) is 7.27. The van der Waals surface area contributed by atoms with Gasteiger partial charge in [-0.1, -0.05) is 23.4 Å². The van der Waals surface area contributed by atoms with Crippen LogP contribution in [0.1, 0.15) is 77.7 Å². The molecule has 3 N–H and O–H groups in total. The van der Waals surface area contributed by atoms with Gasteiger partial charge in [0.2, 0.25) is 0 Å². The number of carbonyl (C=O) groups excluding carboxylic acids is 3. The Labute approximate surface area is 410 Å². The summed E-state index contributed by atoms with van der Waals surface area (Å²) < 4.78 is 56.0. The maximum atomic E-state index is 13.7. The van der Waals surface area contributed by atoms with Gasteiger partial charge in [0, 0.05) is 16.7 Å².